The van der Waals surface area contributed by atoms with Crippen LogP contribution in [0.5, 0.6) is 0 Å². The largest absolute Gasteiger partial charge is 0.306 e. The number of carbonyl (C=O) groups is 1. The summed E-state index contributed by atoms with van der Waals surface area (Å²) in [6.07, 6.45) is 6.48. The van der Waals surface area contributed by atoms with Gasteiger partial charge in [0.1, 0.15) is 24.3 Å². The lowest BCUT2D eigenvalue weighted by molar-refractivity contribution is 0.102. The van der Waals surface area contributed by atoms with E-state index in [1.807, 2.05) is 42.5 Å². The van der Waals surface area contributed by atoms with E-state index in [4.69, 9.17) is 0 Å². The van der Waals surface area contributed by atoms with Crippen molar-refractivity contribution in [2.45, 2.75) is 0 Å². The maximum atomic E-state index is 12.5. The number of anilines is 1. The Bertz CT molecular complexity index is 1010. The van der Waals surface area contributed by atoms with E-state index >= 15 is 0 Å². The van der Waals surface area contributed by atoms with E-state index in [2.05, 4.69) is 20.3 Å². The first-order chi connectivity index (χ1) is 12.8. The third kappa shape index (κ3) is 3.34. The lowest BCUT2D eigenvalue weighted by atomic mass is 10.0. The van der Waals surface area contributed by atoms with Crippen LogP contribution in [-0.2, 0) is 0 Å². The van der Waals surface area contributed by atoms with Crippen molar-refractivity contribution in [1.82, 2.24) is 19.5 Å². The molecule has 0 aliphatic carbocycles. The van der Waals surface area contributed by atoms with E-state index in [0.29, 0.717) is 17.2 Å². The lowest BCUT2D eigenvalue weighted by Gasteiger charge is -2.07. The van der Waals surface area contributed by atoms with E-state index < -0.39 is 0 Å². The summed E-state index contributed by atoms with van der Waals surface area (Å²) in [5.74, 6) is 0.841. The molecule has 4 rings (SSSR count). The molecule has 0 fully saturated rings. The molecule has 6 heteroatoms. The van der Waals surface area contributed by atoms with Crippen molar-refractivity contribution in [3.05, 3.63) is 91.3 Å². The summed E-state index contributed by atoms with van der Waals surface area (Å²) < 4.78 is 1.74. The molecular formula is C20H15N5O. The van der Waals surface area contributed by atoms with Crippen molar-refractivity contribution in [2.24, 2.45) is 0 Å². The number of rotatable bonds is 4. The normalized spacial score (nSPS) is 10.5. The molecule has 0 aliphatic heterocycles. The first-order valence-corrected chi connectivity index (χ1v) is 8.07. The number of imidazole rings is 1. The summed E-state index contributed by atoms with van der Waals surface area (Å²) in [7, 11) is 0. The fraction of sp³-hybridized carbons (Fsp3) is 0. The van der Waals surface area contributed by atoms with Crippen molar-refractivity contribution in [3.8, 4) is 16.9 Å². The molecule has 2 aromatic carbocycles. The zero-order chi connectivity index (χ0) is 17.8. The van der Waals surface area contributed by atoms with Crippen LogP contribution in [0.15, 0.2) is 85.7 Å². The third-order valence-corrected chi connectivity index (χ3v) is 3.92. The lowest BCUT2D eigenvalue weighted by Crippen LogP contribution is -2.13. The number of benzene rings is 2. The Balaban J connectivity index is 1.51. The van der Waals surface area contributed by atoms with E-state index in [9.17, 15) is 4.79 Å². The topological polar surface area (TPSA) is 72.7 Å². The molecule has 0 saturated carbocycles. The number of amides is 1. The zero-order valence-electron chi connectivity index (χ0n) is 13.8. The van der Waals surface area contributed by atoms with Gasteiger partial charge in [0.15, 0.2) is 0 Å². The molecule has 6 nitrogen and oxygen atoms in total. The Morgan fingerprint density at radius 1 is 0.923 bits per heavy atom. The molecule has 1 amide bonds. The van der Waals surface area contributed by atoms with Gasteiger partial charge in [-0.25, -0.2) is 15.0 Å². The van der Waals surface area contributed by atoms with Gasteiger partial charge in [0, 0.05) is 24.0 Å². The Hall–Kier alpha value is -3.80. The quantitative estimate of drug-likeness (QED) is 0.616. The van der Waals surface area contributed by atoms with Crippen LogP contribution in [0, 0.1) is 0 Å². The van der Waals surface area contributed by atoms with Gasteiger partial charge in [-0.15, -0.1) is 0 Å². The zero-order valence-corrected chi connectivity index (χ0v) is 13.8. The number of hydrogen-bond donors (Lipinski definition) is 1. The average molecular weight is 341 g/mol. The first-order valence-electron chi connectivity index (χ1n) is 8.07. The van der Waals surface area contributed by atoms with Crippen LogP contribution in [-0.4, -0.2) is 25.4 Å². The second-order valence-corrected chi connectivity index (χ2v) is 5.63. The number of nitrogens with one attached hydrogen (secondary N) is 1. The van der Waals surface area contributed by atoms with Crippen LogP contribution >= 0.6 is 0 Å². The van der Waals surface area contributed by atoms with Gasteiger partial charge in [-0.05, 0) is 23.3 Å². The highest BCUT2D eigenvalue weighted by molar-refractivity contribution is 6.04. The molecule has 0 atom stereocenters. The Labute approximate surface area is 150 Å². The van der Waals surface area contributed by atoms with Crippen molar-refractivity contribution in [2.75, 3.05) is 5.32 Å². The molecule has 0 radical (unpaired) electrons. The van der Waals surface area contributed by atoms with Crippen molar-refractivity contribution in [3.63, 3.8) is 0 Å². The SMILES string of the molecule is O=C(Nc1cc(-n2ccnc2)ncn1)c1ccc(-c2ccccc2)cc1. The number of hydrogen-bond acceptors (Lipinski definition) is 4. The Morgan fingerprint density at radius 2 is 1.69 bits per heavy atom. The Morgan fingerprint density at radius 3 is 2.42 bits per heavy atom. The summed E-state index contributed by atoms with van der Waals surface area (Å²) in [5, 5.41) is 2.80. The van der Waals surface area contributed by atoms with Crippen LogP contribution < -0.4 is 5.32 Å². The van der Waals surface area contributed by atoms with Gasteiger partial charge in [-0.2, -0.15) is 0 Å². The summed E-state index contributed by atoms with van der Waals surface area (Å²) in [5.41, 5.74) is 2.74. The van der Waals surface area contributed by atoms with Crippen LogP contribution in [0.4, 0.5) is 5.82 Å². The predicted octanol–water partition coefficient (Wildman–Crippen LogP) is 3.58. The summed E-state index contributed by atoms with van der Waals surface area (Å²) in [4.78, 5) is 24.7. The Kier molecular flexibility index (Phi) is 4.22. The molecule has 126 valence electrons. The second-order valence-electron chi connectivity index (χ2n) is 5.63. The molecule has 1 N–H and O–H groups in total. The standard InChI is InChI=1S/C20H15N5O/c26-20(17-8-6-16(7-9-17)15-4-2-1-3-5-15)24-18-12-19(23-13-22-18)25-11-10-21-14-25/h1-14H,(H,22,23,24,26). The van der Waals surface area contributed by atoms with Crippen molar-refractivity contribution >= 4 is 11.7 Å². The van der Waals surface area contributed by atoms with Crippen LogP contribution in [0.1, 0.15) is 10.4 Å². The molecule has 0 bridgehead atoms. The van der Waals surface area contributed by atoms with Crippen molar-refractivity contribution in [1.29, 1.82) is 0 Å². The minimum Gasteiger partial charge on any atom is -0.306 e. The molecule has 0 aliphatic rings. The van der Waals surface area contributed by atoms with Gasteiger partial charge in [-0.1, -0.05) is 42.5 Å². The smallest absolute Gasteiger partial charge is 0.256 e. The molecule has 4 aromatic rings. The highest BCUT2D eigenvalue weighted by Gasteiger charge is 2.09. The molecular weight excluding hydrogens is 326 g/mol. The predicted molar refractivity (Wildman–Crippen MR) is 99.0 cm³/mol. The highest BCUT2D eigenvalue weighted by atomic mass is 16.1. The van der Waals surface area contributed by atoms with Crippen molar-refractivity contribution < 1.29 is 4.79 Å². The van der Waals surface area contributed by atoms with Crippen LogP contribution in [0.2, 0.25) is 0 Å². The molecule has 0 spiro atoms. The molecule has 2 heterocycles. The van der Waals surface area contributed by atoms with E-state index in [1.54, 1.807) is 41.5 Å². The van der Waals surface area contributed by atoms with E-state index in [1.165, 1.54) is 6.33 Å². The van der Waals surface area contributed by atoms with E-state index in [-0.39, 0.29) is 5.91 Å². The summed E-state index contributed by atoms with van der Waals surface area (Å²) >= 11 is 0. The van der Waals surface area contributed by atoms with Gasteiger partial charge >= 0.3 is 0 Å². The molecule has 26 heavy (non-hydrogen) atoms. The fourth-order valence-electron chi connectivity index (χ4n) is 2.58. The fourth-order valence-corrected chi connectivity index (χ4v) is 2.58. The molecule has 0 saturated heterocycles. The number of aromatic nitrogens is 4. The minimum atomic E-state index is -0.222. The van der Waals surface area contributed by atoms with Gasteiger partial charge in [0.05, 0.1) is 0 Å². The second kappa shape index (κ2) is 6.98. The van der Waals surface area contributed by atoms with Gasteiger partial charge in [0.25, 0.3) is 5.91 Å². The molecule has 2 aromatic heterocycles. The maximum Gasteiger partial charge on any atom is 0.256 e. The van der Waals surface area contributed by atoms with Gasteiger partial charge in [0.2, 0.25) is 0 Å². The monoisotopic (exact) mass is 341 g/mol. The number of carbonyl (C=O) groups excluding carboxylic acids is 1. The minimum absolute atomic E-state index is 0.222. The molecule has 0 unspecified atom stereocenters. The summed E-state index contributed by atoms with van der Waals surface area (Å²) in [6, 6.07) is 19.2. The van der Waals surface area contributed by atoms with Gasteiger partial charge < -0.3 is 5.32 Å². The van der Waals surface area contributed by atoms with Gasteiger partial charge in [-0.3, -0.25) is 9.36 Å². The van der Waals surface area contributed by atoms with Crippen LogP contribution in [0.25, 0.3) is 16.9 Å². The summed E-state index contributed by atoms with van der Waals surface area (Å²) in [6.45, 7) is 0. The third-order valence-electron chi connectivity index (χ3n) is 3.92. The highest BCUT2D eigenvalue weighted by Crippen LogP contribution is 2.19. The first kappa shape index (κ1) is 15.7. The van der Waals surface area contributed by atoms with Crippen LogP contribution in [0.3, 0.4) is 0 Å². The average Bonchev–Trinajstić information content (AvgIpc) is 3.24. The maximum absolute atomic E-state index is 12.5. The van der Waals surface area contributed by atoms with E-state index in [0.717, 1.165) is 11.1 Å². The number of nitrogens with zero attached hydrogens (tertiary/aromatic N) is 4.